The van der Waals surface area contributed by atoms with E-state index < -0.39 is 24.3 Å². The highest BCUT2D eigenvalue weighted by atomic mass is 19.3. The number of nitrogen functional groups attached to an aromatic ring is 1. The Morgan fingerprint density at radius 2 is 2.05 bits per heavy atom. The van der Waals surface area contributed by atoms with Crippen molar-refractivity contribution in [3.63, 3.8) is 0 Å². The lowest BCUT2D eigenvalue weighted by Crippen LogP contribution is -2.35. The number of alkyl halides is 2. The van der Waals surface area contributed by atoms with Crippen LogP contribution in [0.25, 0.3) is 0 Å². The fourth-order valence-electron chi connectivity index (χ4n) is 1.73. The molecule has 0 radical (unpaired) electrons. The fraction of sp³-hybridized carbons (Fsp3) is 0.667. The van der Waals surface area contributed by atoms with Crippen LogP contribution in [0.5, 0.6) is 0 Å². The molecule has 1 rings (SSSR count). The summed E-state index contributed by atoms with van der Waals surface area (Å²) < 4.78 is 29.7. The first-order valence-electron chi connectivity index (χ1n) is 6.55. The number of aromatic amines is 1. The van der Waals surface area contributed by atoms with Crippen molar-refractivity contribution in [3.05, 3.63) is 20.8 Å². The van der Waals surface area contributed by atoms with Crippen LogP contribution in [-0.4, -0.2) is 35.7 Å². The highest BCUT2D eigenvalue weighted by Gasteiger charge is 2.12. The van der Waals surface area contributed by atoms with Gasteiger partial charge in [0.2, 0.25) is 0 Å². The van der Waals surface area contributed by atoms with Gasteiger partial charge in [-0.2, -0.15) is 0 Å². The molecule has 0 unspecified atom stereocenters. The lowest BCUT2D eigenvalue weighted by atomic mass is 10.2. The van der Waals surface area contributed by atoms with Gasteiger partial charge in [0.1, 0.15) is 18.1 Å². The summed E-state index contributed by atoms with van der Waals surface area (Å²) in [5, 5.41) is 2.70. The second kappa shape index (κ2) is 7.77. The summed E-state index contributed by atoms with van der Waals surface area (Å²) in [5.74, 6) is 0.185. The maximum atomic E-state index is 11.9. The molecule has 0 fully saturated rings. The molecular weight excluding hydrogens is 286 g/mol. The third-order valence-electron chi connectivity index (χ3n) is 2.58. The minimum atomic E-state index is -2.54. The zero-order valence-electron chi connectivity index (χ0n) is 12.0. The monoisotopic (exact) mass is 306 g/mol. The molecule has 0 aliphatic heterocycles. The Kier molecular flexibility index (Phi) is 6.35. The van der Waals surface area contributed by atoms with Crippen molar-refractivity contribution in [3.8, 4) is 0 Å². The van der Waals surface area contributed by atoms with Crippen molar-refractivity contribution in [1.29, 1.82) is 0 Å². The summed E-state index contributed by atoms with van der Waals surface area (Å²) in [7, 11) is 0. The molecular formula is C12H20F2N4O3. The maximum Gasteiger partial charge on any atom is 0.330 e. The molecule has 0 aliphatic rings. The Bertz CT molecular complexity index is 569. The number of nitrogens with one attached hydrogen (secondary N) is 2. The Labute approximate surface area is 120 Å². The number of nitrogens with two attached hydrogens (primary N) is 1. The van der Waals surface area contributed by atoms with Gasteiger partial charge in [-0.15, -0.1) is 0 Å². The minimum Gasteiger partial charge on any atom is -0.383 e. The SMILES string of the molecule is CC(C)Cn1c(N)c(NCCOCC(F)F)c(=O)[nH]c1=O. The molecule has 0 atom stereocenters. The van der Waals surface area contributed by atoms with Crippen LogP contribution in [-0.2, 0) is 11.3 Å². The largest absolute Gasteiger partial charge is 0.383 e. The van der Waals surface area contributed by atoms with E-state index in [1.54, 1.807) is 0 Å². The van der Waals surface area contributed by atoms with Crippen LogP contribution in [0.15, 0.2) is 9.59 Å². The average molecular weight is 306 g/mol. The van der Waals surface area contributed by atoms with Gasteiger partial charge in [-0.1, -0.05) is 13.8 Å². The van der Waals surface area contributed by atoms with Crippen molar-refractivity contribution in [2.24, 2.45) is 5.92 Å². The van der Waals surface area contributed by atoms with Gasteiger partial charge in [-0.25, -0.2) is 13.6 Å². The van der Waals surface area contributed by atoms with E-state index in [0.717, 1.165) is 0 Å². The molecule has 0 aliphatic carbocycles. The second-order valence-electron chi connectivity index (χ2n) is 4.92. The molecule has 1 aromatic rings. The van der Waals surface area contributed by atoms with Crippen LogP contribution in [0.4, 0.5) is 20.3 Å². The van der Waals surface area contributed by atoms with E-state index in [9.17, 15) is 18.4 Å². The van der Waals surface area contributed by atoms with Crippen LogP contribution in [0, 0.1) is 5.92 Å². The molecule has 120 valence electrons. The number of halogens is 2. The number of rotatable bonds is 8. The van der Waals surface area contributed by atoms with E-state index >= 15 is 0 Å². The predicted molar refractivity (Wildman–Crippen MR) is 75.9 cm³/mol. The van der Waals surface area contributed by atoms with E-state index in [0.29, 0.717) is 6.54 Å². The molecule has 0 spiro atoms. The van der Waals surface area contributed by atoms with Crippen molar-refractivity contribution < 1.29 is 13.5 Å². The number of hydrogen-bond donors (Lipinski definition) is 3. The summed E-state index contributed by atoms with van der Waals surface area (Å²) in [6.45, 7) is 3.62. The standard InChI is InChI=1S/C12H20F2N4O3/c1-7(2)5-18-10(15)9(11(19)17-12(18)20)16-3-4-21-6-8(13)14/h7-8,16H,3-6,15H2,1-2H3,(H,17,19,20). The van der Waals surface area contributed by atoms with Gasteiger partial charge in [0.15, 0.2) is 0 Å². The fourth-order valence-corrected chi connectivity index (χ4v) is 1.73. The Morgan fingerprint density at radius 1 is 1.38 bits per heavy atom. The van der Waals surface area contributed by atoms with Crippen molar-refractivity contribution in [2.45, 2.75) is 26.8 Å². The second-order valence-corrected chi connectivity index (χ2v) is 4.92. The van der Waals surface area contributed by atoms with Crippen LogP contribution in [0.2, 0.25) is 0 Å². The number of nitrogens with zero attached hydrogens (tertiary/aromatic N) is 1. The zero-order chi connectivity index (χ0) is 16.0. The van der Waals surface area contributed by atoms with Crippen LogP contribution >= 0.6 is 0 Å². The Balaban J connectivity index is 2.78. The molecule has 7 nitrogen and oxygen atoms in total. The molecule has 4 N–H and O–H groups in total. The van der Waals surface area contributed by atoms with E-state index in [1.165, 1.54) is 4.57 Å². The number of aromatic nitrogens is 2. The molecule has 0 bridgehead atoms. The summed E-state index contributed by atoms with van der Waals surface area (Å²) >= 11 is 0. The van der Waals surface area contributed by atoms with Gasteiger partial charge in [0.05, 0.1) is 6.61 Å². The molecule has 0 saturated carbocycles. The van der Waals surface area contributed by atoms with Gasteiger partial charge in [-0.05, 0) is 5.92 Å². The summed E-state index contributed by atoms with van der Waals surface area (Å²) in [4.78, 5) is 25.6. The quantitative estimate of drug-likeness (QED) is 0.606. The number of H-pyrrole nitrogens is 1. The molecule has 21 heavy (non-hydrogen) atoms. The highest BCUT2D eigenvalue weighted by molar-refractivity contribution is 5.60. The molecule has 1 heterocycles. The van der Waals surface area contributed by atoms with Crippen LogP contribution in [0.3, 0.4) is 0 Å². The van der Waals surface area contributed by atoms with Crippen LogP contribution < -0.4 is 22.3 Å². The van der Waals surface area contributed by atoms with Gasteiger partial charge in [0.25, 0.3) is 12.0 Å². The first kappa shape index (κ1) is 17.2. The first-order valence-corrected chi connectivity index (χ1v) is 6.55. The number of ether oxygens (including phenoxy) is 1. The summed E-state index contributed by atoms with van der Waals surface area (Å²) in [5.41, 5.74) is 4.63. The molecule has 9 heteroatoms. The lowest BCUT2D eigenvalue weighted by Gasteiger charge is -2.15. The number of anilines is 2. The van der Waals surface area contributed by atoms with Gasteiger partial charge < -0.3 is 15.8 Å². The van der Waals surface area contributed by atoms with Gasteiger partial charge >= 0.3 is 5.69 Å². The van der Waals surface area contributed by atoms with Crippen LogP contribution in [0.1, 0.15) is 13.8 Å². The normalized spacial score (nSPS) is 11.3. The van der Waals surface area contributed by atoms with Gasteiger partial charge in [-0.3, -0.25) is 14.3 Å². The third kappa shape index (κ3) is 5.18. The third-order valence-corrected chi connectivity index (χ3v) is 2.58. The average Bonchev–Trinajstić information content (AvgIpc) is 2.37. The smallest absolute Gasteiger partial charge is 0.330 e. The van der Waals surface area contributed by atoms with E-state index in [-0.39, 0.29) is 30.6 Å². The summed E-state index contributed by atoms with van der Waals surface area (Å²) in [6, 6.07) is 0. The highest BCUT2D eigenvalue weighted by Crippen LogP contribution is 2.11. The molecule has 0 saturated heterocycles. The molecule has 0 amide bonds. The topological polar surface area (TPSA) is 102 Å². The summed E-state index contributed by atoms with van der Waals surface area (Å²) in [6.07, 6.45) is -2.54. The molecule has 0 aromatic carbocycles. The van der Waals surface area contributed by atoms with Crippen molar-refractivity contribution >= 4 is 11.5 Å². The Hall–Kier alpha value is -1.90. The van der Waals surface area contributed by atoms with Crippen molar-refractivity contribution in [2.75, 3.05) is 30.8 Å². The van der Waals surface area contributed by atoms with Gasteiger partial charge in [0, 0.05) is 13.1 Å². The zero-order valence-corrected chi connectivity index (χ0v) is 12.0. The van der Waals surface area contributed by atoms with Crippen molar-refractivity contribution in [1.82, 2.24) is 9.55 Å². The predicted octanol–water partition coefficient (Wildman–Crippen LogP) is 0.468. The number of hydrogen-bond acceptors (Lipinski definition) is 5. The maximum absolute atomic E-state index is 11.9. The minimum absolute atomic E-state index is 0.00741. The van der Waals surface area contributed by atoms with E-state index in [4.69, 9.17) is 5.73 Å². The first-order chi connectivity index (χ1) is 9.82. The lowest BCUT2D eigenvalue weighted by molar-refractivity contribution is 0.0215. The van der Waals surface area contributed by atoms with E-state index in [1.807, 2.05) is 13.8 Å². The van der Waals surface area contributed by atoms with E-state index in [2.05, 4.69) is 15.0 Å². The molecule has 1 aromatic heterocycles. The Morgan fingerprint density at radius 3 is 2.62 bits per heavy atom.